The van der Waals surface area contributed by atoms with Gasteiger partial charge in [0.05, 0.1) is 23.0 Å². The summed E-state index contributed by atoms with van der Waals surface area (Å²) in [4.78, 5) is 23.5. The molecule has 0 spiro atoms. The maximum absolute atomic E-state index is 13.6. The number of hydrogen-bond acceptors (Lipinski definition) is 6. The second-order valence-electron chi connectivity index (χ2n) is 9.27. The van der Waals surface area contributed by atoms with Crippen LogP contribution in [0.2, 0.25) is 0 Å². The van der Waals surface area contributed by atoms with Gasteiger partial charge >= 0.3 is 18.2 Å². The number of ether oxygens (including phenoxy) is 2. The maximum atomic E-state index is 13.6. The van der Waals surface area contributed by atoms with Gasteiger partial charge in [0.2, 0.25) is 5.60 Å². The standard InChI is InChI=1S/C24H27F3N2O7S/c1-14-6-5-7-18(10-14)37(33,34)29-13-17(11-15(2)21(30)31)35-20-9-8-16(12-19(20)29)28-22(32)36-23(3,4)24(25,26)27/h5-10,12,15,17H,11,13H2,1-4H3,(H,28,32)(H,30,31). The van der Waals surface area contributed by atoms with Gasteiger partial charge in [-0.2, -0.15) is 13.2 Å². The number of carboxylic acid groups (broad SMARTS) is 1. The molecule has 2 atom stereocenters. The molecule has 2 aromatic rings. The molecule has 1 heterocycles. The summed E-state index contributed by atoms with van der Waals surface area (Å²) in [7, 11) is -4.17. The van der Waals surface area contributed by atoms with Crippen molar-refractivity contribution in [1.29, 1.82) is 0 Å². The van der Waals surface area contributed by atoms with Gasteiger partial charge in [-0.15, -0.1) is 0 Å². The Morgan fingerprint density at radius 3 is 2.49 bits per heavy atom. The minimum absolute atomic E-state index is 0.0184. The predicted molar refractivity (Wildman–Crippen MR) is 128 cm³/mol. The molecule has 2 N–H and O–H groups in total. The quantitative estimate of drug-likeness (QED) is 0.506. The number of aliphatic carboxylic acids is 1. The number of alkyl halides is 3. The number of nitrogens with one attached hydrogen (secondary N) is 1. The van der Waals surface area contributed by atoms with Crippen LogP contribution >= 0.6 is 0 Å². The highest BCUT2D eigenvalue weighted by molar-refractivity contribution is 7.92. The van der Waals surface area contributed by atoms with Crippen molar-refractivity contribution >= 4 is 33.5 Å². The van der Waals surface area contributed by atoms with E-state index in [0.717, 1.165) is 4.31 Å². The van der Waals surface area contributed by atoms with E-state index in [4.69, 9.17) is 4.74 Å². The lowest BCUT2D eigenvalue weighted by Crippen LogP contribution is -2.45. The highest BCUT2D eigenvalue weighted by Crippen LogP contribution is 2.40. The van der Waals surface area contributed by atoms with E-state index >= 15 is 0 Å². The summed E-state index contributed by atoms with van der Waals surface area (Å²) in [6.45, 7) is 4.36. The van der Waals surface area contributed by atoms with Gasteiger partial charge in [-0.3, -0.25) is 14.4 Å². The first kappa shape index (κ1) is 28.1. The third-order valence-corrected chi connectivity index (χ3v) is 7.56. The normalized spacial score (nSPS) is 16.8. The first-order valence-electron chi connectivity index (χ1n) is 11.2. The molecule has 1 amide bonds. The molecular formula is C24H27F3N2O7S. The number of nitrogens with zero attached hydrogens (tertiary/aromatic N) is 1. The minimum Gasteiger partial charge on any atom is -0.486 e. The zero-order valence-corrected chi connectivity index (χ0v) is 21.3. The monoisotopic (exact) mass is 544 g/mol. The highest BCUT2D eigenvalue weighted by Gasteiger charge is 2.51. The third-order valence-electron chi connectivity index (χ3n) is 5.78. The van der Waals surface area contributed by atoms with Crippen LogP contribution in [-0.4, -0.2) is 50.0 Å². The van der Waals surface area contributed by atoms with Gasteiger partial charge in [-0.25, -0.2) is 13.2 Å². The van der Waals surface area contributed by atoms with Crippen molar-refractivity contribution in [3.63, 3.8) is 0 Å². The second kappa shape index (κ2) is 10.1. The lowest BCUT2D eigenvalue weighted by Gasteiger charge is -2.36. The summed E-state index contributed by atoms with van der Waals surface area (Å²) in [5, 5.41) is 11.5. The number of sulfonamides is 1. The topological polar surface area (TPSA) is 122 Å². The van der Waals surface area contributed by atoms with E-state index in [0.29, 0.717) is 19.4 Å². The summed E-state index contributed by atoms with van der Waals surface area (Å²) >= 11 is 0. The van der Waals surface area contributed by atoms with Gasteiger partial charge in [0, 0.05) is 5.69 Å². The number of rotatable bonds is 7. The Bertz CT molecular complexity index is 1300. The van der Waals surface area contributed by atoms with Gasteiger partial charge < -0.3 is 14.6 Å². The molecule has 0 saturated carbocycles. The van der Waals surface area contributed by atoms with E-state index in [9.17, 15) is 36.3 Å². The van der Waals surface area contributed by atoms with E-state index in [1.807, 2.05) is 0 Å². The molecule has 0 fully saturated rings. The van der Waals surface area contributed by atoms with Crippen molar-refractivity contribution in [3.05, 3.63) is 48.0 Å². The van der Waals surface area contributed by atoms with E-state index in [1.165, 1.54) is 37.3 Å². The fraction of sp³-hybridized carbons (Fsp3) is 0.417. The molecule has 0 aromatic heterocycles. The number of carbonyl (C=O) groups excluding carboxylic acids is 1. The number of fused-ring (bicyclic) bond motifs is 1. The summed E-state index contributed by atoms with van der Waals surface area (Å²) in [6, 6.07) is 10.1. The fourth-order valence-electron chi connectivity index (χ4n) is 3.57. The van der Waals surface area contributed by atoms with Gasteiger partial charge in [-0.05, 0) is 63.1 Å². The molecule has 2 aromatic carbocycles. The Labute approximate surface area is 212 Å². The van der Waals surface area contributed by atoms with Crippen LogP contribution in [0, 0.1) is 12.8 Å². The number of carboxylic acids is 1. The largest absolute Gasteiger partial charge is 0.486 e. The van der Waals surface area contributed by atoms with E-state index in [1.54, 1.807) is 19.1 Å². The van der Waals surface area contributed by atoms with Crippen LogP contribution in [0.5, 0.6) is 5.75 Å². The summed E-state index contributed by atoms with van der Waals surface area (Å²) < 4.78 is 77.9. The Morgan fingerprint density at radius 2 is 1.89 bits per heavy atom. The molecule has 0 aliphatic carbocycles. The second-order valence-corrected chi connectivity index (χ2v) is 11.1. The van der Waals surface area contributed by atoms with Crippen LogP contribution in [0.15, 0.2) is 47.4 Å². The van der Waals surface area contributed by atoms with Crippen molar-refractivity contribution in [2.24, 2.45) is 5.92 Å². The smallest absolute Gasteiger partial charge is 0.427 e. The van der Waals surface area contributed by atoms with E-state index in [2.05, 4.69) is 10.1 Å². The van der Waals surface area contributed by atoms with Crippen LogP contribution in [0.4, 0.5) is 29.3 Å². The number of amides is 1. The molecule has 0 saturated heterocycles. The van der Waals surface area contributed by atoms with Gasteiger partial charge in [-0.1, -0.05) is 19.1 Å². The third kappa shape index (κ3) is 6.27. The number of halogens is 3. The van der Waals surface area contributed by atoms with Crippen LogP contribution in [0.3, 0.4) is 0 Å². The zero-order valence-electron chi connectivity index (χ0n) is 20.5. The zero-order chi connectivity index (χ0) is 27.8. The van der Waals surface area contributed by atoms with Crippen molar-refractivity contribution < 1.29 is 45.8 Å². The Hall–Kier alpha value is -3.48. The molecule has 9 nitrogen and oxygen atoms in total. The number of benzene rings is 2. The number of hydrogen-bond donors (Lipinski definition) is 2. The van der Waals surface area contributed by atoms with Crippen LogP contribution in [-0.2, 0) is 19.6 Å². The lowest BCUT2D eigenvalue weighted by atomic mass is 10.0. The highest BCUT2D eigenvalue weighted by atomic mass is 32.2. The molecule has 37 heavy (non-hydrogen) atoms. The molecule has 202 valence electrons. The minimum atomic E-state index is -4.81. The molecule has 2 unspecified atom stereocenters. The Balaban J connectivity index is 1.98. The molecule has 13 heteroatoms. The van der Waals surface area contributed by atoms with Crippen LogP contribution < -0.4 is 14.4 Å². The van der Waals surface area contributed by atoms with Crippen molar-refractivity contribution in [2.75, 3.05) is 16.2 Å². The van der Waals surface area contributed by atoms with Crippen LogP contribution in [0.1, 0.15) is 32.8 Å². The molecule has 0 bridgehead atoms. The summed E-state index contributed by atoms with van der Waals surface area (Å²) in [5.74, 6) is -1.79. The number of anilines is 2. The molecular weight excluding hydrogens is 517 g/mol. The van der Waals surface area contributed by atoms with Gasteiger partial charge in [0.25, 0.3) is 10.0 Å². The number of aryl methyl sites for hydroxylation is 1. The van der Waals surface area contributed by atoms with Gasteiger partial charge in [0.15, 0.2) is 0 Å². The van der Waals surface area contributed by atoms with Gasteiger partial charge in [0.1, 0.15) is 11.9 Å². The first-order valence-corrected chi connectivity index (χ1v) is 12.6. The van der Waals surface area contributed by atoms with Crippen molar-refractivity contribution in [2.45, 2.75) is 56.9 Å². The van der Waals surface area contributed by atoms with Crippen molar-refractivity contribution in [1.82, 2.24) is 0 Å². The molecule has 0 radical (unpaired) electrons. The molecule has 3 rings (SSSR count). The maximum Gasteiger partial charge on any atom is 0.427 e. The average Bonchev–Trinajstić information content (AvgIpc) is 2.77. The van der Waals surface area contributed by atoms with E-state index < -0.39 is 45.9 Å². The fourth-order valence-corrected chi connectivity index (χ4v) is 5.18. The average molecular weight is 545 g/mol. The molecule has 1 aliphatic rings. The Kier molecular flexibility index (Phi) is 7.68. The SMILES string of the molecule is Cc1cccc(S(=O)(=O)N2CC(CC(C)C(=O)O)Oc3ccc(NC(=O)OC(C)(C)C(F)(F)F)cc32)c1. The molecule has 1 aliphatic heterocycles. The number of carbonyl (C=O) groups is 2. The Morgan fingerprint density at radius 1 is 1.22 bits per heavy atom. The summed E-state index contributed by atoms with van der Waals surface area (Å²) in [6.07, 6.45) is -6.97. The first-order chi connectivity index (χ1) is 17.0. The lowest BCUT2D eigenvalue weighted by molar-refractivity contribution is -0.242. The summed E-state index contributed by atoms with van der Waals surface area (Å²) in [5.41, 5.74) is -2.08. The van der Waals surface area contributed by atoms with Crippen LogP contribution in [0.25, 0.3) is 0 Å². The van der Waals surface area contributed by atoms with E-state index in [-0.39, 0.29) is 35.0 Å². The van der Waals surface area contributed by atoms with Crippen molar-refractivity contribution in [3.8, 4) is 5.75 Å². The predicted octanol–water partition coefficient (Wildman–Crippen LogP) is 4.95.